The Bertz CT molecular complexity index is 646. The third-order valence-corrected chi connectivity index (χ3v) is 4.51. The molecule has 0 bridgehead atoms. The number of amides is 1. The average Bonchev–Trinajstić information content (AvgIpc) is 2.89. The zero-order chi connectivity index (χ0) is 16.3. The minimum absolute atomic E-state index is 0.0883. The largest absolute Gasteiger partial charge is 0.336 e. The summed E-state index contributed by atoms with van der Waals surface area (Å²) in [4.78, 5) is 14.2. The van der Waals surface area contributed by atoms with E-state index in [1.807, 2.05) is 0 Å². The molecule has 2 aromatic rings. The van der Waals surface area contributed by atoms with E-state index in [1.165, 1.54) is 5.56 Å². The van der Waals surface area contributed by atoms with Crippen LogP contribution in [0.25, 0.3) is 0 Å². The fourth-order valence-corrected chi connectivity index (χ4v) is 3.08. The molecular formula is C17H22BrN3O. The number of nitrogens with one attached hydrogen (secondary N) is 1. The molecule has 1 amide bonds. The van der Waals surface area contributed by atoms with Crippen molar-refractivity contribution in [3.63, 3.8) is 0 Å². The Hall–Kier alpha value is -1.62. The van der Waals surface area contributed by atoms with Gasteiger partial charge in [-0.3, -0.25) is 9.89 Å². The molecule has 1 heterocycles. The topological polar surface area (TPSA) is 49.0 Å². The van der Waals surface area contributed by atoms with Gasteiger partial charge in [0.1, 0.15) is 0 Å². The lowest BCUT2D eigenvalue weighted by atomic mass is 10.1. The molecule has 5 heteroatoms. The molecule has 0 fully saturated rings. The number of aryl methyl sites for hydroxylation is 1. The number of H-pyrrole nitrogens is 1. The number of halogens is 1. The Morgan fingerprint density at radius 2 is 1.86 bits per heavy atom. The Balaban J connectivity index is 2.11. The van der Waals surface area contributed by atoms with Crippen LogP contribution in [0.15, 0.2) is 28.7 Å². The van der Waals surface area contributed by atoms with Gasteiger partial charge in [0.05, 0.1) is 10.2 Å². The maximum absolute atomic E-state index is 12.5. The summed E-state index contributed by atoms with van der Waals surface area (Å²) in [6, 6.07) is 8.35. The molecule has 0 aliphatic carbocycles. The molecule has 0 unspecified atom stereocenters. The van der Waals surface area contributed by atoms with Gasteiger partial charge in [0.25, 0.3) is 5.91 Å². The molecule has 1 N–H and O–H groups in total. The van der Waals surface area contributed by atoms with Crippen LogP contribution < -0.4 is 0 Å². The highest BCUT2D eigenvalue weighted by Crippen LogP contribution is 2.26. The molecule has 0 radical (unpaired) electrons. The first kappa shape index (κ1) is 16.7. The highest BCUT2D eigenvalue weighted by Gasteiger charge is 2.22. The molecule has 0 aliphatic rings. The first-order chi connectivity index (χ1) is 10.4. The molecule has 118 valence electrons. The van der Waals surface area contributed by atoms with Crippen LogP contribution in [0.4, 0.5) is 0 Å². The van der Waals surface area contributed by atoms with Gasteiger partial charge in [-0.2, -0.15) is 5.10 Å². The molecule has 0 saturated heterocycles. The van der Waals surface area contributed by atoms with E-state index in [1.54, 1.807) is 11.9 Å². The van der Waals surface area contributed by atoms with Crippen molar-refractivity contribution in [3.8, 4) is 0 Å². The molecule has 4 nitrogen and oxygen atoms in total. The second kappa shape index (κ2) is 7.09. The molecule has 0 aliphatic heterocycles. The quantitative estimate of drug-likeness (QED) is 0.867. The van der Waals surface area contributed by atoms with Gasteiger partial charge >= 0.3 is 0 Å². The van der Waals surface area contributed by atoms with Crippen LogP contribution in [-0.4, -0.2) is 28.1 Å². The van der Waals surface area contributed by atoms with Crippen molar-refractivity contribution in [2.75, 3.05) is 7.05 Å². The molecule has 1 aromatic heterocycles. The van der Waals surface area contributed by atoms with Crippen LogP contribution in [0.2, 0.25) is 0 Å². The van der Waals surface area contributed by atoms with Crippen LogP contribution in [0.5, 0.6) is 0 Å². The van der Waals surface area contributed by atoms with Crippen molar-refractivity contribution < 1.29 is 4.79 Å². The van der Waals surface area contributed by atoms with Gasteiger partial charge in [-0.05, 0) is 39.4 Å². The van der Waals surface area contributed by atoms with E-state index >= 15 is 0 Å². The summed E-state index contributed by atoms with van der Waals surface area (Å²) in [5.41, 5.74) is 3.80. The minimum atomic E-state index is -0.0883. The lowest BCUT2D eigenvalue weighted by Crippen LogP contribution is -2.26. The van der Waals surface area contributed by atoms with Crippen LogP contribution in [-0.2, 0) is 13.0 Å². The second-order valence-electron chi connectivity index (χ2n) is 5.79. The number of hydrogen-bond acceptors (Lipinski definition) is 2. The maximum Gasteiger partial charge on any atom is 0.275 e. The van der Waals surface area contributed by atoms with Gasteiger partial charge in [0, 0.05) is 13.6 Å². The molecule has 0 spiro atoms. The number of carbonyl (C=O) groups is 1. The van der Waals surface area contributed by atoms with Crippen molar-refractivity contribution in [3.05, 3.63) is 51.3 Å². The van der Waals surface area contributed by atoms with Gasteiger partial charge in [0.15, 0.2) is 5.69 Å². The predicted octanol–water partition coefficient (Wildman–Crippen LogP) is 4.13. The van der Waals surface area contributed by atoms with E-state index in [0.717, 1.165) is 22.2 Å². The number of benzene rings is 1. The number of carbonyl (C=O) groups excluding carboxylic acids is 1. The van der Waals surface area contributed by atoms with Gasteiger partial charge in [-0.25, -0.2) is 0 Å². The maximum atomic E-state index is 12.5. The number of aromatic nitrogens is 2. The van der Waals surface area contributed by atoms with Gasteiger partial charge in [0.2, 0.25) is 0 Å². The van der Waals surface area contributed by atoms with E-state index in [4.69, 9.17) is 0 Å². The van der Waals surface area contributed by atoms with Gasteiger partial charge in [-0.1, -0.05) is 45.0 Å². The Morgan fingerprint density at radius 3 is 2.36 bits per heavy atom. The highest BCUT2D eigenvalue weighted by atomic mass is 79.9. The normalized spacial score (nSPS) is 11.0. The van der Waals surface area contributed by atoms with E-state index in [9.17, 15) is 4.79 Å². The Labute approximate surface area is 140 Å². The minimum Gasteiger partial charge on any atom is -0.336 e. The summed E-state index contributed by atoms with van der Waals surface area (Å²) < 4.78 is 0.765. The zero-order valence-electron chi connectivity index (χ0n) is 13.5. The highest BCUT2D eigenvalue weighted by molar-refractivity contribution is 9.10. The lowest BCUT2D eigenvalue weighted by molar-refractivity contribution is 0.0778. The summed E-state index contributed by atoms with van der Waals surface area (Å²) in [5.74, 6) is 0.199. The fourth-order valence-electron chi connectivity index (χ4n) is 2.27. The predicted molar refractivity (Wildman–Crippen MR) is 92.0 cm³/mol. The number of aromatic amines is 1. The Morgan fingerprint density at radius 1 is 1.27 bits per heavy atom. The SMILES string of the molecule is CCc1ccc(CN(C)C(=O)c2n[nH]c(C(C)C)c2Br)cc1. The summed E-state index contributed by atoms with van der Waals surface area (Å²) in [6.45, 7) is 6.82. The van der Waals surface area contributed by atoms with Crippen LogP contribution in [0.3, 0.4) is 0 Å². The van der Waals surface area contributed by atoms with Crippen LogP contribution in [0, 0.1) is 0 Å². The second-order valence-corrected chi connectivity index (χ2v) is 6.58. The van der Waals surface area contributed by atoms with E-state index in [0.29, 0.717) is 12.2 Å². The summed E-state index contributed by atoms with van der Waals surface area (Å²) in [5, 5.41) is 7.11. The third kappa shape index (κ3) is 3.58. The monoisotopic (exact) mass is 363 g/mol. The fraction of sp³-hybridized carbons (Fsp3) is 0.412. The van der Waals surface area contributed by atoms with Crippen molar-refractivity contribution in [2.45, 2.75) is 39.7 Å². The molecule has 0 atom stereocenters. The number of nitrogens with zero attached hydrogens (tertiary/aromatic N) is 2. The van der Waals surface area contributed by atoms with Crippen molar-refractivity contribution >= 4 is 21.8 Å². The first-order valence-corrected chi connectivity index (χ1v) is 8.30. The smallest absolute Gasteiger partial charge is 0.275 e. The van der Waals surface area contributed by atoms with E-state index in [2.05, 4.69) is 71.2 Å². The van der Waals surface area contributed by atoms with Crippen molar-refractivity contribution in [1.29, 1.82) is 0 Å². The molecule has 22 heavy (non-hydrogen) atoms. The standard InChI is InChI=1S/C17H22BrN3O/c1-5-12-6-8-13(9-7-12)10-21(4)17(22)16-14(18)15(11(2)3)19-20-16/h6-9,11H,5,10H2,1-4H3,(H,19,20). The summed E-state index contributed by atoms with van der Waals surface area (Å²) in [6.07, 6.45) is 1.02. The van der Waals surface area contributed by atoms with Crippen molar-refractivity contribution in [2.24, 2.45) is 0 Å². The Kier molecular flexibility index (Phi) is 5.40. The molecule has 2 rings (SSSR count). The number of hydrogen-bond donors (Lipinski definition) is 1. The van der Waals surface area contributed by atoms with Gasteiger partial charge < -0.3 is 4.90 Å². The molecular weight excluding hydrogens is 342 g/mol. The first-order valence-electron chi connectivity index (χ1n) is 7.51. The van der Waals surface area contributed by atoms with Crippen LogP contribution in [0.1, 0.15) is 54.0 Å². The summed E-state index contributed by atoms with van der Waals surface area (Å²) in [7, 11) is 1.80. The van der Waals surface area contributed by atoms with Crippen molar-refractivity contribution in [1.82, 2.24) is 15.1 Å². The molecule has 1 aromatic carbocycles. The molecule has 0 saturated carbocycles. The third-order valence-electron chi connectivity index (χ3n) is 3.71. The number of rotatable bonds is 5. The summed E-state index contributed by atoms with van der Waals surface area (Å²) >= 11 is 3.48. The van der Waals surface area contributed by atoms with E-state index in [-0.39, 0.29) is 11.8 Å². The lowest BCUT2D eigenvalue weighted by Gasteiger charge is -2.16. The van der Waals surface area contributed by atoms with Crippen LogP contribution >= 0.6 is 15.9 Å². The van der Waals surface area contributed by atoms with Gasteiger partial charge in [-0.15, -0.1) is 0 Å². The zero-order valence-corrected chi connectivity index (χ0v) is 15.1. The average molecular weight is 364 g/mol. The van der Waals surface area contributed by atoms with E-state index < -0.39 is 0 Å².